The van der Waals surface area contributed by atoms with Crippen LogP contribution in [0.1, 0.15) is 17.5 Å². The molecule has 0 amide bonds. The van der Waals surface area contributed by atoms with Crippen molar-refractivity contribution in [3.05, 3.63) is 52.8 Å². The van der Waals surface area contributed by atoms with E-state index in [4.69, 9.17) is 25.8 Å². The number of hydrogen-bond acceptors (Lipinski definition) is 6. The third-order valence-corrected chi connectivity index (χ3v) is 4.90. The van der Waals surface area contributed by atoms with E-state index in [1.807, 2.05) is 18.2 Å². The number of methoxy groups -OCH3 is 1. The summed E-state index contributed by atoms with van der Waals surface area (Å²) in [5, 5.41) is 3.98. The zero-order chi connectivity index (χ0) is 19.6. The van der Waals surface area contributed by atoms with E-state index >= 15 is 0 Å². The van der Waals surface area contributed by atoms with Crippen molar-refractivity contribution in [2.75, 3.05) is 46.5 Å². The molecule has 0 aliphatic carbocycles. The van der Waals surface area contributed by atoms with Gasteiger partial charge in [-0.25, -0.2) is 4.98 Å². The lowest BCUT2D eigenvalue weighted by Gasteiger charge is -2.26. The van der Waals surface area contributed by atoms with Crippen molar-refractivity contribution in [1.29, 1.82) is 0 Å². The van der Waals surface area contributed by atoms with Crippen LogP contribution in [0.15, 0.2) is 36.5 Å². The zero-order valence-electron chi connectivity index (χ0n) is 17.1. The third-order valence-electron chi connectivity index (χ3n) is 4.67. The SMILES string of the molecule is COc1cc(CNCCCN2CCOCC2)ccc1OCc1ccc(Cl)nc1.Cl.Cl. The second-order valence-electron chi connectivity index (χ2n) is 6.75. The maximum absolute atomic E-state index is 5.87. The van der Waals surface area contributed by atoms with Gasteiger partial charge in [-0.05, 0) is 43.3 Å². The van der Waals surface area contributed by atoms with Crippen molar-refractivity contribution in [3.8, 4) is 11.5 Å². The highest BCUT2D eigenvalue weighted by molar-refractivity contribution is 6.29. The van der Waals surface area contributed by atoms with Gasteiger partial charge in [0, 0.05) is 31.4 Å². The predicted octanol–water partition coefficient (Wildman–Crippen LogP) is 3.98. The molecule has 168 valence electrons. The predicted molar refractivity (Wildman–Crippen MR) is 125 cm³/mol. The Bertz CT molecular complexity index is 729. The Balaban J connectivity index is 0.00000225. The molecule has 30 heavy (non-hydrogen) atoms. The van der Waals surface area contributed by atoms with Gasteiger partial charge in [-0.1, -0.05) is 23.7 Å². The number of ether oxygens (including phenoxy) is 3. The number of rotatable bonds is 10. The highest BCUT2D eigenvalue weighted by Gasteiger charge is 2.09. The fraction of sp³-hybridized carbons (Fsp3) is 0.476. The fourth-order valence-electron chi connectivity index (χ4n) is 3.08. The van der Waals surface area contributed by atoms with Crippen LogP contribution in [0.4, 0.5) is 0 Å². The molecule has 9 heteroatoms. The van der Waals surface area contributed by atoms with Gasteiger partial charge in [0.2, 0.25) is 0 Å². The van der Waals surface area contributed by atoms with Crippen LogP contribution in [-0.4, -0.2) is 56.4 Å². The number of hydrogen-bond donors (Lipinski definition) is 1. The summed E-state index contributed by atoms with van der Waals surface area (Å²) in [7, 11) is 1.66. The van der Waals surface area contributed by atoms with Gasteiger partial charge in [-0.3, -0.25) is 4.90 Å². The smallest absolute Gasteiger partial charge is 0.161 e. The summed E-state index contributed by atoms with van der Waals surface area (Å²) in [6.45, 7) is 7.13. The average molecular weight is 479 g/mol. The van der Waals surface area contributed by atoms with E-state index < -0.39 is 0 Å². The number of halogens is 3. The van der Waals surface area contributed by atoms with Gasteiger partial charge in [-0.15, -0.1) is 24.8 Å². The van der Waals surface area contributed by atoms with E-state index in [9.17, 15) is 0 Å². The molecule has 1 aromatic heterocycles. The van der Waals surface area contributed by atoms with Crippen LogP contribution >= 0.6 is 36.4 Å². The van der Waals surface area contributed by atoms with Crippen LogP contribution in [-0.2, 0) is 17.9 Å². The molecular formula is C21H30Cl3N3O3. The van der Waals surface area contributed by atoms with E-state index in [1.165, 1.54) is 5.56 Å². The van der Waals surface area contributed by atoms with Crippen LogP contribution in [0.3, 0.4) is 0 Å². The first-order valence-electron chi connectivity index (χ1n) is 9.65. The molecule has 6 nitrogen and oxygen atoms in total. The first-order valence-corrected chi connectivity index (χ1v) is 10.0. The molecule has 1 aromatic carbocycles. The molecule has 1 fully saturated rings. The minimum atomic E-state index is 0. The third kappa shape index (κ3) is 8.84. The molecule has 1 aliphatic heterocycles. The van der Waals surface area contributed by atoms with Gasteiger partial charge in [0.25, 0.3) is 0 Å². The first-order chi connectivity index (χ1) is 13.7. The van der Waals surface area contributed by atoms with Gasteiger partial charge in [0.1, 0.15) is 11.8 Å². The highest BCUT2D eigenvalue weighted by Crippen LogP contribution is 2.28. The summed E-state index contributed by atoms with van der Waals surface area (Å²) in [6.07, 6.45) is 2.84. The summed E-state index contributed by atoms with van der Waals surface area (Å²) < 4.78 is 16.7. The maximum Gasteiger partial charge on any atom is 0.161 e. The molecule has 1 aliphatic rings. The number of pyridine rings is 1. The summed E-state index contributed by atoms with van der Waals surface area (Å²) in [4.78, 5) is 6.52. The molecule has 0 unspecified atom stereocenters. The molecule has 0 atom stereocenters. The van der Waals surface area contributed by atoms with Crippen molar-refractivity contribution >= 4 is 36.4 Å². The standard InChI is InChI=1S/C21H28ClN3O3.2ClH/c1-26-20-13-17(14-23-7-2-8-25-9-11-27-12-10-25)3-5-19(20)28-16-18-4-6-21(22)24-15-18;;/h3-6,13,15,23H,2,7-12,14,16H2,1H3;2*1H. The number of nitrogens with zero attached hydrogens (tertiary/aromatic N) is 2. The minimum absolute atomic E-state index is 0. The fourth-order valence-corrected chi connectivity index (χ4v) is 3.19. The van der Waals surface area contributed by atoms with Crippen LogP contribution in [0.25, 0.3) is 0 Å². The van der Waals surface area contributed by atoms with E-state index in [0.29, 0.717) is 17.5 Å². The number of nitrogens with one attached hydrogen (secondary N) is 1. The monoisotopic (exact) mass is 477 g/mol. The first kappa shape index (κ1) is 26.8. The number of aromatic nitrogens is 1. The molecule has 1 N–H and O–H groups in total. The second kappa shape index (κ2) is 14.7. The van der Waals surface area contributed by atoms with E-state index in [0.717, 1.165) is 63.7 Å². The molecule has 2 heterocycles. The highest BCUT2D eigenvalue weighted by atomic mass is 35.5. The van der Waals surface area contributed by atoms with Crippen LogP contribution in [0, 0.1) is 0 Å². The van der Waals surface area contributed by atoms with Gasteiger partial charge < -0.3 is 19.5 Å². The molecular weight excluding hydrogens is 449 g/mol. The number of morpholine rings is 1. The largest absolute Gasteiger partial charge is 0.493 e. The molecule has 0 bridgehead atoms. The topological polar surface area (TPSA) is 55.9 Å². The average Bonchev–Trinajstić information content (AvgIpc) is 2.74. The normalized spacial score (nSPS) is 13.8. The zero-order valence-corrected chi connectivity index (χ0v) is 19.5. The maximum atomic E-state index is 5.87. The molecule has 2 aromatic rings. The summed E-state index contributed by atoms with van der Waals surface area (Å²) in [5.74, 6) is 1.45. The van der Waals surface area contributed by atoms with Crippen LogP contribution in [0.2, 0.25) is 5.15 Å². The van der Waals surface area contributed by atoms with Gasteiger partial charge in [0.05, 0.1) is 20.3 Å². The second-order valence-corrected chi connectivity index (χ2v) is 7.13. The lowest BCUT2D eigenvalue weighted by Crippen LogP contribution is -2.37. The van der Waals surface area contributed by atoms with Crippen molar-refractivity contribution < 1.29 is 14.2 Å². The lowest BCUT2D eigenvalue weighted by atomic mass is 10.2. The van der Waals surface area contributed by atoms with Crippen LogP contribution in [0.5, 0.6) is 11.5 Å². The van der Waals surface area contributed by atoms with Crippen LogP contribution < -0.4 is 14.8 Å². The minimum Gasteiger partial charge on any atom is -0.493 e. The number of benzene rings is 1. The van der Waals surface area contributed by atoms with Gasteiger partial charge in [-0.2, -0.15) is 0 Å². The Morgan fingerprint density at radius 3 is 2.57 bits per heavy atom. The molecule has 3 rings (SSSR count). The van der Waals surface area contributed by atoms with Gasteiger partial charge >= 0.3 is 0 Å². The Kier molecular flexibility index (Phi) is 13.1. The van der Waals surface area contributed by atoms with Gasteiger partial charge in [0.15, 0.2) is 11.5 Å². The molecule has 1 saturated heterocycles. The van der Waals surface area contributed by atoms with Crippen molar-refractivity contribution in [2.45, 2.75) is 19.6 Å². The summed E-state index contributed by atoms with van der Waals surface area (Å²) in [5.41, 5.74) is 2.13. The summed E-state index contributed by atoms with van der Waals surface area (Å²) in [6, 6.07) is 9.69. The van der Waals surface area contributed by atoms with Crippen molar-refractivity contribution in [2.24, 2.45) is 0 Å². The van der Waals surface area contributed by atoms with E-state index in [2.05, 4.69) is 21.3 Å². The van der Waals surface area contributed by atoms with Crippen molar-refractivity contribution in [3.63, 3.8) is 0 Å². The Labute approximate surface area is 196 Å². The molecule has 0 radical (unpaired) electrons. The molecule has 0 spiro atoms. The van der Waals surface area contributed by atoms with E-state index in [1.54, 1.807) is 19.4 Å². The Morgan fingerprint density at radius 1 is 1.10 bits per heavy atom. The van der Waals surface area contributed by atoms with Crippen molar-refractivity contribution in [1.82, 2.24) is 15.2 Å². The lowest BCUT2D eigenvalue weighted by molar-refractivity contribution is 0.0374. The summed E-state index contributed by atoms with van der Waals surface area (Å²) >= 11 is 5.81. The Hall–Kier alpha value is -1.28. The quantitative estimate of drug-likeness (QED) is 0.412. The van der Waals surface area contributed by atoms with E-state index in [-0.39, 0.29) is 24.8 Å². The molecule has 0 saturated carbocycles. The Morgan fingerprint density at radius 2 is 1.87 bits per heavy atom.